The highest BCUT2D eigenvalue weighted by atomic mass is 16.6. The van der Waals surface area contributed by atoms with Gasteiger partial charge in [0.2, 0.25) is 0 Å². The van der Waals surface area contributed by atoms with Crippen LogP contribution in [0, 0.1) is 30.9 Å². The van der Waals surface area contributed by atoms with E-state index in [9.17, 15) is 10.1 Å². The monoisotopic (exact) mass is 391 g/mol. The SMILES string of the molecule is CCc1cccc(C)c1-n1c(C)cc(C=Nc2cc([N+](=O)[O-])ccc2OC)c1C. The maximum absolute atomic E-state index is 11.1. The molecule has 0 saturated heterocycles. The average Bonchev–Trinajstić information content (AvgIpc) is 2.99. The molecule has 0 N–H and O–H groups in total. The summed E-state index contributed by atoms with van der Waals surface area (Å²) in [6, 6.07) is 12.8. The molecule has 3 aromatic rings. The number of nitro benzene ring substituents is 1. The second-order valence-corrected chi connectivity index (χ2v) is 6.97. The number of aromatic nitrogens is 1. The maximum Gasteiger partial charge on any atom is 0.271 e. The molecule has 150 valence electrons. The number of ether oxygens (including phenoxy) is 1. The van der Waals surface area contributed by atoms with Crippen LogP contribution < -0.4 is 4.74 Å². The van der Waals surface area contributed by atoms with E-state index in [1.54, 1.807) is 12.3 Å². The number of benzene rings is 2. The minimum Gasteiger partial charge on any atom is -0.494 e. The van der Waals surface area contributed by atoms with E-state index < -0.39 is 4.92 Å². The van der Waals surface area contributed by atoms with Crippen LogP contribution in [0.2, 0.25) is 0 Å². The van der Waals surface area contributed by atoms with Crippen molar-refractivity contribution < 1.29 is 9.66 Å². The highest BCUT2D eigenvalue weighted by molar-refractivity contribution is 5.85. The first kappa shape index (κ1) is 20.3. The van der Waals surface area contributed by atoms with E-state index in [1.807, 2.05) is 0 Å². The van der Waals surface area contributed by atoms with Crippen molar-refractivity contribution in [2.24, 2.45) is 4.99 Å². The van der Waals surface area contributed by atoms with E-state index >= 15 is 0 Å². The van der Waals surface area contributed by atoms with Crippen molar-refractivity contribution >= 4 is 17.6 Å². The number of rotatable bonds is 6. The third-order valence-electron chi connectivity index (χ3n) is 5.11. The zero-order chi connectivity index (χ0) is 21.1. The van der Waals surface area contributed by atoms with Crippen LogP contribution in [0.5, 0.6) is 5.75 Å². The normalized spacial score (nSPS) is 11.2. The van der Waals surface area contributed by atoms with Crippen molar-refractivity contribution in [1.82, 2.24) is 4.57 Å². The number of aryl methyl sites for hydroxylation is 3. The number of hydrogen-bond donors (Lipinski definition) is 0. The number of para-hydroxylation sites is 1. The molecule has 0 aliphatic heterocycles. The Morgan fingerprint density at radius 3 is 2.59 bits per heavy atom. The van der Waals surface area contributed by atoms with Crippen LogP contribution in [0.15, 0.2) is 47.5 Å². The zero-order valence-corrected chi connectivity index (χ0v) is 17.4. The van der Waals surface area contributed by atoms with Crippen molar-refractivity contribution in [2.45, 2.75) is 34.1 Å². The van der Waals surface area contributed by atoms with Crippen LogP contribution >= 0.6 is 0 Å². The number of nitrogens with zero attached hydrogens (tertiary/aromatic N) is 3. The smallest absolute Gasteiger partial charge is 0.271 e. The molecule has 0 atom stereocenters. The molecule has 2 aromatic carbocycles. The summed E-state index contributed by atoms with van der Waals surface area (Å²) in [5, 5.41) is 11.1. The summed E-state index contributed by atoms with van der Waals surface area (Å²) < 4.78 is 7.55. The highest BCUT2D eigenvalue weighted by Gasteiger charge is 2.15. The number of methoxy groups -OCH3 is 1. The predicted molar refractivity (Wildman–Crippen MR) is 116 cm³/mol. The maximum atomic E-state index is 11.1. The molecule has 0 spiro atoms. The van der Waals surface area contributed by atoms with Crippen LogP contribution in [0.3, 0.4) is 0 Å². The molecule has 1 aromatic heterocycles. The van der Waals surface area contributed by atoms with Gasteiger partial charge in [-0.3, -0.25) is 15.1 Å². The van der Waals surface area contributed by atoms with Gasteiger partial charge in [-0.25, -0.2) is 0 Å². The summed E-state index contributed by atoms with van der Waals surface area (Å²) in [6.07, 6.45) is 2.69. The van der Waals surface area contributed by atoms with Crippen molar-refractivity contribution in [3.8, 4) is 11.4 Å². The second kappa shape index (κ2) is 8.31. The minimum atomic E-state index is -0.436. The molecule has 0 unspecified atom stereocenters. The van der Waals surface area contributed by atoms with Gasteiger partial charge in [-0.15, -0.1) is 0 Å². The summed E-state index contributed by atoms with van der Waals surface area (Å²) in [5.41, 5.74) is 7.26. The highest BCUT2D eigenvalue weighted by Crippen LogP contribution is 2.32. The Labute approximate surface area is 170 Å². The molecular weight excluding hydrogens is 366 g/mol. The molecule has 0 aliphatic rings. The zero-order valence-electron chi connectivity index (χ0n) is 17.4. The number of non-ortho nitro benzene ring substituents is 1. The van der Waals surface area contributed by atoms with Crippen LogP contribution in [0.25, 0.3) is 5.69 Å². The van der Waals surface area contributed by atoms with Crippen LogP contribution in [0.1, 0.15) is 35.0 Å². The molecule has 0 aliphatic carbocycles. The lowest BCUT2D eigenvalue weighted by atomic mass is 10.1. The molecule has 6 nitrogen and oxygen atoms in total. The number of hydrogen-bond acceptors (Lipinski definition) is 4. The van der Waals surface area contributed by atoms with Gasteiger partial charge >= 0.3 is 0 Å². The third kappa shape index (κ3) is 3.92. The van der Waals surface area contributed by atoms with Gasteiger partial charge in [0, 0.05) is 35.3 Å². The fourth-order valence-corrected chi connectivity index (χ4v) is 3.62. The molecule has 0 bridgehead atoms. The van der Waals surface area contributed by atoms with Gasteiger partial charge in [-0.1, -0.05) is 25.1 Å². The van der Waals surface area contributed by atoms with Gasteiger partial charge in [0.25, 0.3) is 5.69 Å². The standard InChI is InChI=1S/C23H25N3O3/c1-6-18-9-7-8-15(2)23(18)25-16(3)12-19(17(25)4)14-24-21-13-20(26(27)28)10-11-22(21)29-5/h7-14H,6H2,1-5H3. The summed E-state index contributed by atoms with van der Waals surface area (Å²) in [5.74, 6) is 0.493. The third-order valence-corrected chi connectivity index (χ3v) is 5.11. The second-order valence-electron chi connectivity index (χ2n) is 6.97. The molecule has 0 fully saturated rings. The summed E-state index contributed by atoms with van der Waals surface area (Å²) in [4.78, 5) is 15.1. The lowest BCUT2D eigenvalue weighted by Gasteiger charge is -2.17. The van der Waals surface area contributed by atoms with Gasteiger partial charge in [0.15, 0.2) is 0 Å². The van der Waals surface area contributed by atoms with E-state index in [2.05, 4.69) is 61.5 Å². The van der Waals surface area contributed by atoms with Crippen molar-refractivity contribution in [2.75, 3.05) is 7.11 Å². The van der Waals surface area contributed by atoms with Crippen LogP contribution in [-0.2, 0) is 6.42 Å². The largest absolute Gasteiger partial charge is 0.494 e. The lowest BCUT2D eigenvalue weighted by molar-refractivity contribution is -0.384. The topological polar surface area (TPSA) is 69.7 Å². The van der Waals surface area contributed by atoms with Gasteiger partial charge < -0.3 is 9.30 Å². The molecule has 6 heteroatoms. The summed E-state index contributed by atoms with van der Waals surface area (Å²) in [6.45, 7) is 8.41. The van der Waals surface area contributed by atoms with E-state index in [4.69, 9.17) is 4.74 Å². The predicted octanol–water partition coefficient (Wildman–Crippen LogP) is 5.63. The van der Waals surface area contributed by atoms with Gasteiger partial charge in [0.05, 0.1) is 17.7 Å². The molecular formula is C23H25N3O3. The Kier molecular flexibility index (Phi) is 5.82. The van der Waals surface area contributed by atoms with Gasteiger partial charge in [-0.2, -0.15) is 0 Å². The van der Waals surface area contributed by atoms with E-state index in [0.29, 0.717) is 11.4 Å². The first-order valence-electron chi connectivity index (χ1n) is 9.51. The average molecular weight is 391 g/mol. The van der Waals surface area contributed by atoms with Crippen LogP contribution in [0.4, 0.5) is 11.4 Å². The Balaban J connectivity index is 2.07. The molecule has 0 saturated carbocycles. The van der Waals surface area contributed by atoms with Crippen molar-refractivity contribution in [3.05, 3.63) is 80.7 Å². The Bertz CT molecular complexity index is 1100. The Hall–Kier alpha value is -3.41. The quantitative estimate of drug-likeness (QED) is 0.310. The summed E-state index contributed by atoms with van der Waals surface area (Å²) in [7, 11) is 1.52. The molecule has 0 amide bonds. The Morgan fingerprint density at radius 2 is 1.93 bits per heavy atom. The summed E-state index contributed by atoms with van der Waals surface area (Å²) >= 11 is 0. The van der Waals surface area contributed by atoms with Crippen molar-refractivity contribution in [1.29, 1.82) is 0 Å². The van der Waals surface area contributed by atoms with Crippen molar-refractivity contribution in [3.63, 3.8) is 0 Å². The first-order chi connectivity index (χ1) is 13.9. The molecule has 0 radical (unpaired) electrons. The van der Waals surface area contributed by atoms with E-state index in [0.717, 1.165) is 23.4 Å². The minimum absolute atomic E-state index is 0.0177. The van der Waals surface area contributed by atoms with Crippen LogP contribution in [-0.4, -0.2) is 22.8 Å². The number of aliphatic imine (C=N–C) groups is 1. The Morgan fingerprint density at radius 1 is 1.17 bits per heavy atom. The van der Waals surface area contributed by atoms with Gasteiger partial charge in [-0.05, 0) is 50.5 Å². The fourth-order valence-electron chi connectivity index (χ4n) is 3.62. The first-order valence-corrected chi connectivity index (χ1v) is 9.51. The lowest BCUT2D eigenvalue weighted by Crippen LogP contribution is -2.05. The fraction of sp³-hybridized carbons (Fsp3) is 0.261. The van der Waals surface area contributed by atoms with E-state index in [1.165, 1.54) is 36.1 Å². The molecule has 3 rings (SSSR count). The number of nitro groups is 1. The van der Waals surface area contributed by atoms with E-state index in [-0.39, 0.29) is 5.69 Å². The van der Waals surface area contributed by atoms with Gasteiger partial charge in [0.1, 0.15) is 11.4 Å². The molecule has 29 heavy (non-hydrogen) atoms. The molecule has 1 heterocycles.